The lowest BCUT2D eigenvalue weighted by molar-refractivity contribution is 0.0628. The topological polar surface area (TPSA) is 87.7 Å². The van der Waals surface area contributed by atoms with Crippen molar-refractivity contribution in [3.63, 3.8) is 0 Å². The third-order valence-corrected chi connectivity index (χ3v) is 6.27. The van der Waals surface area contributed by atoms with Crippen LogP contribution in [0.15, 0.2) is 85.2 Å². The number of halogens is 2. The Balaban J connectivity index is 1.11. The predicted octanol–water partition coefficient (Wildman–Crippen LogP) is 4.76. The van der Waals surface area contributed by atoms with E-state index >= 15 is 0 Å². The molecule has 0 aliphatic carbocycles. The van der Waals surface area contributed by atoms with Crippen LogP contribution in [0.4, 0.5) is 14.6 Å². The van der Waals surface area contributed by atoms with E-state index in [1.165, 1.54) is 54.9 Å². The van der Waals surface area contributed by atoms with Crippen molar-refractivity contribution in [1.29, 1.82) is 0 Å². The van der Waals surface area contributed by atoms with E-state index in [2.05, 4.69) is 20.2 Å². The maximum Gasteiger partial charge on any atom is 0.258 e. The molecular formula is C29H25F2N5O3. The van der Waals surface area contributed by atoms with Gasteiger partial charge < -0.3 is 15.0 Å². The smallest absolute Gasteiger partial charge is 0.258 e. The normalized spacial score (nSPS) is 13.6. The minimum absolute atomic E-state index is 0.122. The summed E-state index contributed by atoms with van der Waals surface area (Å²) in [4.78, 5) is 37.9. The molecular weight excluding hydrogens is 504 g/mol. The summed E-state index contributed by atoms with van der Waals surface area (Å²) in [5.41, 5.74) is 1.76. The summed E-state index contributed by atoms with van der Waals surface area (Å²) in [6.07, 6.45) is 2.81. The fourth-order valence-corrected chi connectivity index (χ4v) is 4.12. The Bertz CT molecular complexity index is 1420. The first-order valence-electron chi connectivity index (χ1n) is 12.4. The summed E-state index contributed by atoms with van der Waals surface area (Å²) in [6.45, 7) is 3.29. The number of anilines is 1. The molecule has 0 unspecified atom stereocenters. The number of hydrogen-bond donors (Lipinski definition) is 1. The van der Waals surface area contributed by atoms with Crippen LogP contribution in [0.1, 0.15) is 26.3 Å². The Labute approximate surface area is 223 Å². The van der Waals surface area contributed by atoms with Gasteiger partial charge in [-0.1, -0.05) is 12.1 Å². The molecule has 2 aromatic carbocycles. The number of hydrogen-bond acceptors (Lipinski definition) is 6. The molecule has 1 fully saturated rings. The van der Waals surface area contributed by atoms with Crippen LogP contribution in [0.2, 0.25) is 0 Å². The number of carbonyl (C=O) groups excluding carboxylic acids is 2. The molecule has 1 saturated heterocycles. The van der Waals surface area contributed by atoms with Crippen LogP contribution in [-0.2, 0) is 6.54 Å². The number of amides is 2. The number of aromatic nitrogens is 2. The van der Waals surface area contributed by atoms with Crippen molar-refractivity contribution in [2.75, 3.05) is 31.5 Å². The van der Waals surface area contributed by atoms with E-state index in [1.54, 1.807) is 35.2 Å². The maximum absolute atomic E-state index is 13.1. The van der Waals surface area contributed by atoms with Gasteiger partial charge >= 0.3 is 0 Å². The average molecular weight is 530 g/mol. The van der Waals surface area contributed by atoms with Gasteiger partial charge in [-0.15, -0.1) is 0 Å². The number of carbonyl (C=O) groups is 2. The summed E-state index contributed by atoms with van der Waals surface area (Å²) in [5.74, 6) is -0.183. The molecule has 0 radical (unpaired) electrons. The highest BCUT2D eigenvalue weighted by Crippen LogP contribution is 2.20. The van der Waals surface area contributed by atoms with Crippen LogP contribution in [-0.4, -0.2) is 57.8 Å². The van der Waals surface area contributed by atoms with Crippen LogP contribution in [0.3, 0.4) is 0 Å². The fourth-order valence-electron chi connectivity index (χ4n) is 4.12. The van der Waals surface area contributed by atoms with E-state index < -0.39 is 5.91 Å². The van der Waals surface area contributed by atoms with Gasteiger partial charge in [-0.3, -0.25) is 14.5 Å². The second kappa shape index (κ2) is 11.8. The lowest BCUT2D eigenvalue weighted by atomic mass is 10.2. The number of rotatable bonds is 7. The second-order valence-corrected chi connectivity index (χ2v) is 9.02. The van der Waals surface area contributed by atoms with Crippen LogP contribution in [0, 0.1) is 11.6 Å². The Morgan fingerprint density at radius 2 is 1.41 bits per heavy atom. The van der Waals surface area contributed by atoms with Crippen LogP contribution >= 0.6 is 0 Å². The fraction of sp³-hybridized carbons (Fsp3) is 0.172. The van der Waals surface area contributed by atoms with Gasteiger partial charge in [0.25, 0.3) is 11.8 Å². The molecule has 2 aromatic heterocycles. The molecule has 0 atom stereocenters. The zero-order valence-electron chi connectivity index (χ0n) is 20.9. The first-order chi connectivity index (χ1) is 18.9. The average Bonchev–Trinajstić information content (AvgIpc) is 2.96. The van der Waals surface area contributed by atoms with Crippen molar-refractivity contribution in [3.05, 3.63) is 114 Å². The summed E-state index contributed by atoms with van der Waals surface area (Å²) >= 11 is 0. The summed E-state index contributed by atoms with van der Waals surface area (Å²) in [5, 5.41) is 2.68. The number of nitrogens with zero attached hydrogens (tertiary/aromatic N) is 4. The van der Waals surface area contributed by atoms with E-state index in [1.807, 2.05) is 0 Å². The monoisotopic (exact) mass is 529 g/mol. The van der Waals surface area contributed by atoms with E-state index in [-0.39, 0.29) is 23.4 Å². The molecule has 5 rings (SSSR count). The third-order valence-electron chi connectivity index (χ3n) is 6.27. The predicted molar refractivity (Wildman–Crippen MR) is 140 cm³/mol. The minimum atomic E-state index is -0.417. The van der Waals surface area contributed by atoms with E-state index in [4.69, 9.17) is 4.74 Å². The molecule has 39 heavy (non-hydrogen) atoms. The van der Waals surface area contributed by atoms with Gasteiger partial charge in [-0.05, 0) is 60.2 Å². The Morgan fingerprint density at radius 1 is 0.769 bits per heavy atom. The molecule has 1 aliphatic rings. The van der Waals surface area contributed by atoms with Gasteiger partial charge in [0.2, 0.25) is 5.88 Å². The van der Waals surface area contributed by atoms with Gasteiger partial charge in [0.15, 0.2) is 0 Å². The Kier molecular flexibility index (Phi) is 7.83. The maximum atomic E-state index is 13.1. The van der Waals surface area contributed by atoms with E-state index in [0.717, 1.165) is 5.56 Å². The number of pyridine rings is 2. The first-order valence-corrected chi connectivity index (χ1v) is 12.4. The zero-order valence-corrected chi connectivity index (χ0v) is 20.9. The molecule has 2 amide bonds. The van der Waals surface area contributed by atoms with Gasteiger partial charge in [-0.2, -0.15) is 0 Å². The lowest BCUT2D eigenvalue weighted by Crippen LogP contribution is -2.48. The molecule has 1 aliphatic heterocycles. The summed E-state index contributed by atoms with van der Waals surface area (Å²) < 4.78 is 31.7. The number of benzene rings is 2. The number of nitrogens with one attached hydrogen (secondary N) is 1. The summed E-state index contributed by atoms with van der Waals surface area (Å²) in [7, 11) is 0. The highest BCUT2D eigenvalue weighted by Gasteiger charge is 2.22. The van der Waals surface area contributed by atoms with Crippen molar-refractivity contribution in [2.24, 2.45) is 0 Å². The highest BCUT2D eigenvalue weighted by molar-refractivity contribution is 6.03. The Hall–Kier alpha value is -4.70. The first kappa shape index (κ1) is 25.9. The molecule has 0 bridgehead atoms. The van der Waals surface area contributed by atoms with Crippen molar-refractivity contribution < 1.29 is 23.1 Å². The zero-order chi connectivity index (χ0) is 27.2. The third kappa shape index (κ3) is 6.79. The molecule has 8 nitrogen and oxygen atoms in total. The summed E-state index contributed by atoms with van der Waals surface area (Å²) in [6, 6.07) is 18.3. The van der Waals surface area contributed by atoms with Crippen molar-refractivity contribution in [3.8, 4) is 11.6 Å². The minimum Gasteiger partial charge on any atom is -0.439 e. The largest absolute Gasteiger partial charge is 0.439 e. The van der Waals surface area contributed by atoms with Gasteiger partial charge in [-0.25, -0.2) is 18.7 Å². The number of ether oxygens (including phenoxy) is 1. The van der Waals surface area contributed by atoms with E-state index in [9.17, 15) is 18.4 Å². The highest BCUT2D eigenvalue weighted by atomic mass is 19.1. The van der Waals surface area contributed by atoms with Crippen LogP contribution in [0.25, 0.3) is 0 Å². The van der Waals surface area contributed by atoms with Gasteiger partial charge in [0, 0.05) is 51.2 Å². The van der Waals surface area contributed by atoms with Gasteiger partial charge in [0.05, 0.1) is 11.1 Å². The van der Waals surface area contributed by atoms with Crippen molar-refractivity contribution in [2.45, 2.75) is 6.54 Å². The van der Waals surface area contributed by atoms with Crippen molar-refractivity contribution in [1.82, 2.24) is 19.8 Å². The second-order valence-electron chi connectivity index (χ2n) is 9.02. The van der Waals surface area contributed by atoms with Crippen LogP contribution < -0.4 is 10.1 Å². The van der Waals surface area contributed by atoms with Gasteiger partial charge in [0.1, 0.15) is 23.2 Å². The molecule has 3 heterocycles. The van der Waals surface area contributed by atoms with Crippen LogP contribution in [0.5, 0.6) is 11.6 Å². The molecule has 1 N–H and O–H groups in total. The molecule has 0 saturated carbocycles. The standard InChI is InChI=1S/C29H25F2N5O3/c30-23-5-1-20(2-6-23)19-35-13-15-36(16-14-35)29(38)22-3-11-26(32-18-22)34-28(37)21-4-12-27(33-17-21)39-25-9-7-24(31)8-10-25/h1-12,17-18H,13-16,19H2,(H,32,34,37). The molecule has 198 valence electrons. The SMILES string of the molecule is O=C(Nc1ccc(C(=O)N2CCN(Cc3ccc(F)cc3)CC2)cn1)c1ccc(Oc2ccc(F)cc2)nc1. The van der Waals surface area contributed by atoms with Crippen molar-refractivity contribution >= 4 is 17.6 Å². The lowest BCUT2D eigenvalue weighted by Gasteiger charge is -2.34. The molecule has 10 heteroatoms. The Morgan fingerprint density at radius 3 is 2.03 bits per heavy atom. The van der Waals surface area contributed by atoms with E-state index in [0.29, 0.717) is 55.4 Å². The molecule has 4 aromatic rings. The number of piperazine rings is 1. The molecule has 0 spiro atoms. The quantitative estimate of drug-likeness (QED) is 0.372.